The molecular formula is C14H16FNO3. The number of nitrogens with one attached hydrogen (secondary N) is 1. The smallest absolute Gasteiger partial charge is 0.287 e. The third-order valence-corrected chi connectivity index (χ3v) is 3.07. The molecule has 0 saturated carbocycles. The van der Waals surface area contributed by atoms with Crippen LogP contribution in [0.5, 0.6) is 0 Å². The summed E-state index contributed by atoms with van der Waals surface area (Å²) in [6.45, 7) is 3.70. The molecule has 2 aromatic rings. The van der Waals surface area contributed by atoms with E-state index in [1.165, 1.54) is 18.2 Å². The van der Waals surface area contributed by atoms with Crippen molar-refractivity contribution in [3.05, 3.63) is 35.3 Å². The Morgan fingerprint density at radius 1 is 1.53 bits per heavy atom. The molecule has 0 fully saturated rings. The number of aliphatic hydroxyl groups is 1. The second kappa shape index (κ2) is 5.40. The number of halogens is 1. The van der Waals surface area contributed by atoms with Crippen LogP contribution >= 0.6 is 0 Å². The summed E-state index contributed by atoms with van der Waals surface area (Å²) >= 11 is 0. The van der Waals surface area contributed by atoms with Gasteiger partial charge in [0.2, 0.25) is 0 Å². The highest BCUT2D eigenvalue weighted by Gasteiger charge is 2.18. The van der Waals surface area contributed by atoms with Crippen molar-refractivity contribution in [2.24, 2.45) is 0 Å². The summed E-state index contributed by atoms with van der Waals surface area (Å²) in [6, 6.07) is 4.12. The third-order valence-electron chi connectivity index (χ3n) is 3.07. The molecule has 0 radical (unpaired) electrons. The summed E-state index contributed by atoms with van der Waals surface area (Å²) in [6.07, 6.45) is -0.0176. The quantitative estimate of drug-likeness (QED) is 0.892. The Bertz CT molecular complexity index is 606. The average molecular weight is 265 g/mol. The Hall–Kier alpha value is -1.88. The lowest BCUT2D eigenvalue weighted by atomic mass is 10.1. The van der Waals surface area contributed by atoms with Crippen LogP contribution in [0.15, 0.2) is 22.6 Å². The lowest BCUT2D eigenvalue weighted by molar-refractivity contribution is 0.0888. The first-order valence-corrected chi connectivity index (χ1v) is 6.17. The summed E-state index contributed by atoms with van der Waals surface area (Å²) in [7, 11) is 0. The van der Waals surface area contributed by atoms with Crippen LogP contribution in [0, 0.1) is 12.7 Å². The van der Waals surface area contributed by atoms with Gasteiger partial charge in [0, 0.05) is 17.5 Å². The largest absolute Gasteiger partial charge is 0.451 e. The van der Waals surface area contributed by atoms with Crippen molar-refractivity contribution in [1.82, 2.24) is 5.32 Å². The van der Waals surface area contributed by atoms with E-state index in [1.54, 1.807) is 6.92 Å². The van der Waals surface area contributed by atoms with E-state index in [-0.39, 0.29) is 18.1 Å². The molecule has 19 heavy (non-hydrogen) atoms. The molecule has 0 aliphatic carbocycles. The van der Waals surface area contributed by atoms with Gasteiger partial charge in [0.15, 0.2) is 5.76 Å². The minimum absolute atomic E-state index is 0.156. The summed E-state index contributed by atoms with van der Waals surface area (Å²) in [5.74, 6) is -0.615. The number of aryl methyl sites for hydroxylation is 1. The van der Waals surface area contributed by atoms with E-state index >= 15 is 0 Å². The number of amides is 1. The second-order valence-electron chi connectivity index (χ2n) is 4.47. The van der Waals surface area contributed by atoms with Crippen LogP contribution in [0.4, 0.5) is 4.39 Å². The van der Waals surface area contributed by atoms with Crippen LogP contribution in [0.1, 0.15) is 29.5 Å². The molecule has 0 aliphatic heterocycles. The number of benzene rings is 1. The van der Waals surface area contributed by atoms with Crippen molar-refractivity contribution in [2.45, 2.75) is 26.4 Å². The number of hydrogen-bond donors (Lipinski definition) is 2. The van der Waals surface area contributed by atoms with Gasteiger partial charge in [-0.25, -0.2) is 4.39 Å². The van der Waals surface area contributed by atoms with E-state index in [0.717, 1.165) is 0 Å². The topological polar surface area (TPSA) is 62.5 Å². The monoisotopic (exact) mass is 265 g/mol. The molecule has 2 N–H and O–H groups in total. The van der Waals surface area contributed by atoms with Crippen LogP contribution in [0.3, 0.4) is 0 Å². The summed E-state index contributed by atoms with van der Waals surface area (Å²) < 4.78 is 18.6. The first kappa shape index (κ1) is 13.5. The standard InChI is InChI=1S/C14H16FNO3/c1-3-10(17)7-16-14(18)13-8(2)11-6-9(15)4-5-12(11)19-13/h4-6,10,17H,3,7H2,1-2H3,(H,16,18). The van der Waals surface area contributed by atoms with Crippen molar-refractivity contribution in [1.29, 1.82) is 0 Å². The number of hydrogen-bond acceptors (Lipinski definition) is 3. The molecule has 102 valence electrons. The highest BCUT2D eigenvalue weighted by molar-refractivity contribution is 5.98. The Balaban J connectivity index is 2.25. The maximum Gasteiger partial charge on any atom is 0.287 e. The van der Waals surface area contributed by atoms with Crippen LogP contribution in [-0.2, 0) is 0 Å². The van der Waals surface area contributed by atoms with Crippen molar-refractivity contribution in [3.63, 3.8) is 0 Å². The van der Waals surface area contributed by atoms with Gasteiger partial charge in [0.05, 0.1) is 6.10 Å². The fourth-order valence-electron chi connectivity index (χ4n) is 1.84. The van der Waals surface area contributed by atoms with Gasteiger partial charge in [-0.1, -0.05) is 6.92 Å². The number of fused-ring (bicyclic) bond motifs is 1. The Kier molecular flexibility index (Phi) is 3.85. The van der Waals surface area contributed by atoms with Crippen molar-refractivity contribution in [2.75, 3.05) is 6.54 Å². The summed E-state index contributed by atoms with van der Waals surface area (Å²) in [5, 5.41) is 12.6. The highest BCUT2D eigenvalue weighted by Crippen LogP contribution is 2.25. The number of carbonyl (C=O) groups is 1. The first-order chi connectivity index (χ1) is 9.02. The van der Waals surface area contributed by atoms with Gasteiger partial charge in [-0.15, -0.1) is 0 Å². The fourth-order valence-corrected chi connectivity index (χ4v) is 1.84. The lowest BCUT2D eigenvalue weighted by Gasteiger charge is -2.08. The first-order valence-electron chi connectivity index (χ1n) is 6.17. The number of furan rings is 1. The van der Waals surface area contributed by atoms with E-state index in [9.17, 15) is 14.3 Å². The lowest BCUT2D eigenvalue weighted by Crippen LogP contribution is -2.31. The molecule has 0 spiro atoms. The zero-order valence-electron chi connectivity index (χ0n) is 10.9. The molecule has 5 heteroatoms. The summed E-state index contributed by atoms with van der Waals surface area (Å²) in [5.41, 5.74) is 1.07. The van der Waals surface area contributed by atoms with Crippen molar-refractivity contribution >= 4 is 16.9 Å². The molecule has 1 aromatic carbocycles. The average Bonchev–Trinajstić information content (AvgIpc) is 2.73. The van der Waals surface area contributed by atoms with Gasteiger partial charge in [0.25, 0.3) is 5.91 Å². The van der Waals surface area contributed by atoms with Gasteiger partial charge in [-0.2, -0.15) is 0 Å². The van der Waals surface area contributed by atoms with Gasteiger partial charge in [-0.05, 0) is 31.5 Å². The Labute approximate surface area is 110 Å². The third kappa shape index (κ3) is 2.76. The van der Waals surface area contributed by atoms with Gasteiger partial charge in [0.1, 0.15) is 11.4 Å². The zero-order chi connectivity index (χ0) is 14.0. The van der Waals surface area contributed by atoms with Gasteiger partial charge < -0.3 is 14.8 Å². The van der Waals surface area contributed by atoms with Crippen LogP contribution in [0.25, 0.3) is 11.0 Å². The molecule has 0 aliphatic rings. The number of rotatable bonds is 4. The van der Waals surface area contributed by atoms with E-state index in [0.29, 0.717) is 23.0 Å². The Morgan fingerprint density at radius 2 is 2.26 bits per heavy atom. The predicted molar refractivity (Wildman–Crippen MR) is 69.5 cm³/mol. The van der Waals surface area contributed by atoms with Gasteiger partial charge >= 0.3 is 0 Å². The fraction of sp³-hybridized carbons (Fsp3) is 0.357. The second-order valence-corrected chi connectivity index (χ2v) is 4.47. The van der Waals surface area contributed by atoms with Gasteiger partial charge in [-0.3, -0.25) is 4.79 Å². The van der Waals surface area contributed by atoms with Crippen molar-refractivity contribution in [3.8, 4) is 0 Å². The summed E-state index contributed by atoms with van der Waals surface area (Å²) in [4.78, 5) is 11.9. The Morgan fingerprint density at radius 3 is 2.95 bits per heavy atom. The molecule has 1 amide bonds. The number of carbonyl (C=O) groups excluding carboxylic acids is 1. The normalized spacial score (nSPS) is 12.6. The van der Waals surface area contributed by atoms with E-state index < -0.39 is 12.0 Å². The maximum atomic E-state index is 13.2. The molecular weight excluding hydrogens is 249 g/mol. The number of aliphatic hydroxyl groups excluding tert-OH is 1. The van der Waals surface area contributed by atoms with Crippen LogP contribution in [0.2, 0.25) is 0 Å². The molecule has 4 nitrogen and oxygen atoms in total. The molecule has 1 atom stereocenters. The highest BCUT2D eigenvalue weighted by atomic mass is 19.1. The van der Waals surface area contributed by atoms with E-state index in [4.69, 9.17) is 4.42 Å². The molecule has 1 unspecified atom stereocenters. The molecule has 1 aromatic heterocycles. The van der Waals surface area contributed by atoms with Crippen LogP contribution < -0.4 is 5.32 Å². The molecule has 0 saturated heterocycles. The van der Waals surface area contributed by atoms with E-state index in [2.05, 4.69) is 5.32 Å². The minimum Gasteiger partial charge on any atom is -0.451 e. The van der Waals surface area contributed by atoms with E-state index in [1.807, 2.05) is 6.92 Å². The molecule has 1 heterocycles. The van der Waals surface area contributed by atoms with Crippen LogP contribution in [-0.4, -0.2) is 23.7 Å². The maximum absolute atomic E-state index is 13.2. The SMILES string of the molecule is CCC(O)CNC(=O)c1oc2ccc(F)cc2c1C. The predicted octanol–water partition coefficient (Wildman–Crippen LogP) is 2.38. The minimum atomic E-state index is -0.578. The van der Waals surface area contributed by atoms with Crippen molar-refractivity contribution < 1.29 is 18.7 Å². The zero-order valence-corrected chi connectivity index (χ0v) is 10.9. The molecule has 2 rings (SSSR count). The molecule has 0 bridgehead atoms.